The van der Waals surface area contributed by atoms with E-state index in [2.05, 4.69) is 20.3 Å². The fourth-order valence-electron chi connectivity index (χ4n) is 3.33. The standard InChI is InChI=1S/C15H20N7O9P/c1-21-3-19-12-6(10(21)16)18-4-22(12)13-8(24)7(23)9(30-13)15(27)31-32(28,29)5-2-17-11(20-5)14(25)26/h2,4,7-9,13,15-16,19,23-24,27H,3H2,1H3,(H,17,20)(H,25,26)(H,28,29)/t7-,8+,9-,13+,15?/m0/s1. The van der Waals surface area contributed by atoms with Gasteiger partial charge in [0.2, 0.25) is 5.82 Å². The number of carboxylic acids is 1. The van der Waals surface area contributed by atoms with Crippen molar-refractivity contribution in [2.24, 2.45) is 0 Å². The van der Waals surface area contributed by atoms with Crippen LogP contribution in [-0.4, -0.2) is 99.9 Å². The van der Waals surface area contributed by atoms with Gasteiger partial charge in [-0.2, -0.15) is 0 Å². The molecule has 1 fully saturated rings. The molecular formula is C15H20N7O9P. The Bertz CT molecular complexity index is 1100. The molecule has 0 aliphatic carbocycles. The van der Waals surface area contributed by atoms with Crippen LogP contribution in [0.4, 0.5) is 5.82 Å². The lowest BCUT2D eigenvalue weighted by Gasteiger charge is -2.28. The highest BCUT2D eigenvalue weighted by Gasteiger charge is 2.50. The summed E-state index contributed by atoms with van der Waals surface area (Å²) in [4.78, 5) is 32.1. The summed E-state index contributed by atoms with van der Waals surface area (Å²) < 4.78 is 24.0. The monoisotopic (exact) mass is 473 g/mol. The molecule has 2 aromatic heterocycles. The number of H-pyrrole nitrogens is 1. The number of hydrogen-bond acceptors (Lipinski definition) is 11. The van der Waals surface area contributed by atoms with E-state index in [1.807, 2.05) is 0 Å². The molecule has 2 aliphatic rings. The minimum Gasteiger partial charge on any atom is -0.475 e. The van der Waals surface area contributed by atoms with E-state index in [1.54, 1.807) is 11.9 Å². The van der Waals surface area contributed by atoms with Crippen LogP contribution in [0.1, 0.15) is 22.5 Å². The van der Waals surface area contributed by atoms with Gasteiger partial charge < -0.3 is 45.3 Å². The molecule has 0 spiro atoms. The van der Waals surface area contributed by atoms with Crippen molar-refractivity contribution in [2.45, 2.75) is 30.8 Å². The number of rotatable bonds is 6. The molecule has 17 heteroatoms. The van der Waals surface area contributed by atoms with Crippen LogP contribution in [0.3, 0.4) is 0 Å². The molecule has 16 nitrogen and oxygen atoms in total. The maximum atomic E-state index is 12.4. The number of aliphatic hydroxyl groups is 3. The topological polar surface area (TPSA) is 239 Å². The number of aromatic carboxylic acids is 1. The molecule has 32 heavy (non-hydrogen) atoms. The van der Waals surface area contributed by atoms with Crippen molar-refractivity contribution in [1.29, 1.82) is 5.41 Å². The number of amidine groups is 1. The zero-order chi connectivity index (χ0) is 23.4. The van der Waals surface area contributed by atoms with Crippen molar-refractivity contribution in [3.05, 3.63) is 24.0 Å². The Labute approximate surface area is 179 Å². The van der Waals surface area contributed by atoms with Gasteiger partial charge in [-0.15, -0.1) is 0 Å². The van der Waals surface area contributed by atoms with Crippen LogP contribution in [0, 0.1) is 5.41 Å². The number of nitrogens with zero attached hydrogens (tertiary/aromatic N) is 4. The summed E-state index contributed by atoms with van der Waals surface area (Å²) in [5.74, 6) is -1.64. The number of aliphatic hydroxyl groups excluding tert-OH is 3. The molecule has 0 amide bonds. The molecule has 0 saturated carbocycles. The third-order valence-electron chi connectivity index (χ3n) is 5.03. The molecule has 0 radical (unpaired) electrons. The third kappa shape index (κ3) is 3.67. The molecule has 2 unspecified atom stereocenters. The van der Waals surface area contributed by atoms with Crippen molar-refractivity contribution in [3.8, 4) is 0 Å². The number of anilines is 1. The zero-order valence-electron chi connectivity index (χ0n) is 16.4. The molecule has 2 aromatic rings. The van der Waals surface area contributed by atoms with Gasteiger partial charge in [-0.1, -0.05) is 0 Å². The fraction of sp³-hybridized carbons (Fsp3) is 0.467. The average molecular weight is 473 g/mol. The van der Waals surface area contributed by atoms with E-state index < -0.39 is 55.7 Å². The van der Waals surface area contributed by atoms with E-state index in [0.717, 1.165) is 6.20 Å². The second-order valence-electron chi connectivity index (χ2n) is 7.14. The molecular weight excluding hydrogens is 453 g/mol. The van der Waals surface area contributed by atoms with Crippen LogP contribution in [0.5, 0.6) is 0 Å². The molecule has 0 bridgehead atoms. The van der Waals surface area contributed by atoms with Crippen molar-refractivity contribution in [2.75, 3.05) is 19.0 Å². The van der Waals surface area contributed by atoms with E-state index in [1.165, 1.54) is 10.9 Å². The second kappa shape index (κ2) is 7.93. The summed E-state index contributed by atoms with van der Waals surface area (Å²) >= 11 is 0. The van der Waals surface area contributed by atoms with Crippen LogP contribution in [0.25, 0.3) is 0 Å². The Morgan fingerprint density at radius 3 is 2.78 bits per heavy atom. The number of carbonyl (C=O) groups is 1. The molecule has 4 rings (SSSR count). The molecule has 174 valence electrons. The summed E-state index contributed by atoms with van der Waals surface area (Å²) in [5, 5.41) is 51.0. The van der Waals surface area contributed by atoms with E-state index >= 15 is 0 Å². The van der Waals surface area contributed by atoms with Crippen molar-refractivity contribution in [1.82, 2.24) is 24.4 Å². The number of hydrogen-bond donors (Lipinski definition) is 8. The highest BCUT2D eigenvalue weighted by molar-refractivity contribution is 7.61. The van der Waals surface area contributed by atoms with Crippen LogP contribution in [0.2, 0.25) is 0 Å². The Balaban J connectivity index is 1.52. The summed E-state index contributed by atoms with van der Waals surface area (Å²) in [6.45, 7) is 0.272. The number of carboxylic acid groups (broad SMARTS) is 1. The van der Waals surface area contributed by atoms with E-state index in [0.29, 0.717) is 5.82 Å². The maximum Gasteiger partial charge on any atom is 0.378 e. The Kier molecular flexibility index (Phi) is 5.54. The second-order valence-corrected chi connectivity index (χ2v) is 8.87. The lowest BCUT2D eigenvalue weighted by Crippen LogP contribution is -2.40. The summed E-state index contributed by atoms with van der Waals surface area (Å²) in [6.07, 6.45) is -6.38. The van der Waals surface area contributed by atoms with Crippen LogP contribution in [0.15, 0.2) is 12.5 Å². The molecule has 4 heterocycles. The van der Waals surface area contributed by atoms with Gasteiger partial charge >= 0.3 is 13.6 Å². The average Bonchev–Trinajstić information content (AvgIpc) is 3.44. The van der Waals surface area contributed by atoms with E-state index in [4.69, 9.17) is 19.8 Å². The third-order valence-corrected chi connectivity index (χ3v) is 6.37. The number of aromatic nitrogens is 4. The van der Waals surface area contributed by atoms with Crippen molar-refractivity contribution >= 4 is 30.7 Å². The largest absolute Gasteiger partial charge is 0.475 e. The van der Waals surface area contributed by atoms with Crippen molar-refractivity contribution < 1.29 is 43.9 Å². The fourth-order valence-corrected chi connectivity index (χ4v) is 4.31. The number of ether oxygens (including phenoxy) is 1. The smallest absolute Gasteiger partial charge is 0.378 e. The van der Waals surface area contributed by atoms with Gasteiger partial charge in [0.25, 0.3) is 0 Å². The lowest BCUT2D eigenvalue weighted by atomic mass is 10.1. The van der Waals surface area contributed by atoms with Gasteiger partial charge in [0, 0.05) is 7.05 Å². The first-order valence-corrected chi connectivity index (χ1v) is 10.7. The Morgan fingerprint density at radius 2 is 2.12 bits per heavy atom. The van der Waals surface area contributed by atoms with E-state index in [-0.39, 0.29) is 18.2 Å². The van der Waals surface area contributed by atoms with Gasteiger partial charge in [0.1, 0.15) is 35.3 Å². The predicted molar refractivity (Wildman–Crippen MR) is 103 cm³/mol. The minimum absolute atomic E-state index is 0.118. The SMILES string of the molecule is CN1CNc2c(ncn2[C@@H]2O[C@H](C(O)OP(=O)(O)c3cnc(C(=O)O)[nH]3)[C@@H](O)[C@H]2O)C1=N. The Morgan fingerprint density at radius 1 is 1.41 bits per heavy atom. The highest BCUT2D eigenvalue weighted by Crippen LogP contribution is 2.44. The minimum atomic E-state index is -4.80. The number of fused-ring (bicyclic) bond motifs is 1. The normalized spacial score (nSPS) is 28.2. The number of aromatic amines is 1. The number of nitrogens with one attached hydrogen (secondary N) is 3. The van der Waals surface area contributed by atoms with Gasteiger partial charge in [-0.3, -0.25) is 19.1 Å². The molecule has 8 N–H and O–H groups in total. The van der Waals surface area contributed by atoms with Crippen LogP contribution < -0.4 is 10.8 Å². The summed E-state index contributed by atoms with van der Waals surface area (Å²) in [7, 11) is -3.12. The van der Waals surface area contributed by atoms with Crippen LogP contribution >= 0.6 is 7.60 Å². The first-order valence-electron chi connectivity index (χ1n) is 9.11. The summed E-state index contributed by atoms with van der Waals surface area (Å²) in [6, 6.07) is 0. The van der Waals surface area contributed by atoms with Gasteiger partial charge in [0.15, 0.2) is 18.4 Å². The van der Waals surface area contributed by atoms with Gasteiger partial charge in [0.05, 0.1) is 19.2 Å². The molecule has 2 aliphatic heterocycles. The van der Waals surface area contributed by atoms with Gasteiger partial charge in [-0.25, -0.2) is 14.8 Å². The van der Waals surface area contributed by atoms with Crippen LogP contribution in [-0.2, 0) is 13.8 Å². The first kappa shape index (κ1) is 22.3. The lowest BCUT2D eigenvalue weighted by molar-refractivity contribution is -0.156. The molecule has 6 atom stereocenters. The Hall–Kier alpha value is -2.85. The zero-order valence-corrected chi connectivity index (χ0v) is 17.2. The highest BCUT2D eigenvalue weighted by atomic mass is 31.2. The van der Waals surface area contributed by atoms with Crippen molar-refractivity contribution in [3.63, 3.8) is 0 Å². The maximum absolute atomic E-state index is 12.4. The first-order chi connectivity index (χ1) is 15.0. The molecule has 1 saturated heterocycles. The predicted octanol–water partition coefficient (Wildman–Crippen LogP) is -2.59. The van der Waals surface area contributed by atoms with E-state index in [9.17, 15) is 29.6 Å². The number of imidazole rings is 2. The molecule has 0 aromatic carbocycles. The quantitative estimate of drug-likeness (QED) is 0.159. The summed E-state index contributed by atoms with van der Waals surface area (Å²) in [5.41, 5.74) is -0.327. The van der Waals surface area contributed by atoms with Gasteiger partial charge in [-0.05, 0) is 0 Å².